The fraction of sp³-hybridized carbons (Fsp3) is 0.292. The van der Waals surface area contributed by atoms with Crippen LogP contribution in [-0.2, 0) is 26.6 Å². The van der Waals surface area contributed by atoms with E-state index in [9.17, 15) is 21.6 Å². The van der Waals surface area contributed by atoms with E-state index in [-0.39, 0.29) is 40.3 Å². The Morgan fingerprint density at radius 2 is 1.57 bits per heavy atom. The Bertz CT molecular complexity index is 1520. The normalized spacial score (nSPS) is 20.1. The molecular formula is C24H25N3O6S2. The number of sulfonamides is 2. The first-order chi connectivity index (χ1) is 16.7. The van der Waals surface area contributed by atoms with Crippen LogP contribution < -0.4 is 15.0 Å². The molecule has 0 aliphatic carbocycles. The number of pyridine rings is 1. The average molecular weight is 516 g/mol. The van der Waals surface area contributed by atoms with Crippen molar-refractivity contribution in [2.75, 3.05) is 24.9 Å². The minimum absolute atomic E-state index is 0.0621. The number of piperidine rings is 1. The fourth-order valence-corrected chi connectivity index (χ4v) is 7.61. The van der Waals surface area contributed by atoms with Gasteiger partial charge in [-0.25, -0.2) is 16.8 Å². The molecule has 1 fully saturated rings. The Morgan fingerprint density at radius 3 is 2.26 bits per heavy atom. The van der Waals surface area contributed by atoms with E-state index >= 15 is 0 Å². The van der Waals surface area contributed by atoms with Gasteiger partial charge in [0.2, 0.25) is 10.0 Å². The van der Waals surface area contributed by atoms with E-state index < -0.39 is 20.0 Å². The molecule has 184 valence electrons. The van der Waals surface area contributed by atoms with E-state index in [1.165, 1.54) is 47.8 Å². The highest BCUT2D eigenvalue weighted by molar-refractivity contribution is 7.92. The van der Waals surface area contributed by atoms with Crippen molar-refractivity contribution in [3.63, 3.8) is 0 Å². The van der Waals surface area contributed by atoms with Gasteiger partial charge in [-0.15, -0.1) is 0 Å². The lowest BCUT2D eigenvalue weighted by Crippen LogP contribution is -2.49. The number of rotatable bonds is 6. The summed E-state index contributed by atoms with van der Waals surface area (Å²) in [7, 11) is -6.16. The van der Waals surface area contributed by atoms with Gasteiger partial charge in [-0.05, 0) is 54.8 Å². The molecule has 3 heterocycles. The minimum Gasteiger partial charge on any atom is -0.497 e. The number of ether oxygens (including phenoxy) is 1. The van der Waals surface area contributed by atoms with E-state index in [0.717, 1.165) is 0 Å². The van der Waals surface area contributed by atoms with Crippen molar-refractivity contribution in [1.82, 2.24) is 8.87 Å². The fourth-order valence-electron chi connectivity index (χ4n) is 4.95. The molecule has 9 nitrogen and oxygen atoms in total. The van der Waals surface area contributed by atoms with Gasteiger partial charge >= 0.3 is 0 Å². The Kier molecular flexibility index (Phi) is 5.94. The molecule has 2 aliphatic rings. The minimum atomic E-state index is -3.89. The van der Waals surface area contributed by atoms with E-state index in [1.54, 1.807) is 34.9 Å². The molecule has 35 heavy (non-hydrogen) atoms. The second kappa shape index (κ2) is 8.81. The summed E-state index contributed by atoms with van der Waals surface area (Å²) in [6.45, 7) is 0.755. The number of nitrogens with zero attached hydrogens (tertiary/aromatic N) is 2. The van der Waals surface area contributed by atoms with Gasteiger partial charge in [0.05, 0.1) is 22.6 Å². The van der Waals surface area contributed by atoms with Crippen LogP contribution in [0.4, 0.5) is 5.69 Å². The molecule has 0 radical (unpaired) electrons. The summed E-state index contributed by atoms with van der Waals surface area (Å²) >= 11 is 0. The largest absolute Gasteiger partial charge is 0.497 e. The maximum Gasteiger partial charge on any atom is 0.261 e. The van der Waals surface area contributed by atoms with Crippen molar-refractivity contribution < 1.29 is 21.6 Å². The number of benzene rings is 2. The van der Waals surface area contributed by atoms with Crippen molar-refractivity contribution >= 4 is 25.7 Å². The van der Waals surface area contributed by atoms with E-state index in [1.807, 2.05) is 0 Å². The van der Waals surface area contributed by atoms with Gasteiger partial charge in [0, 0.05) is 37.3 Å². The van der Waals surface area contributed by atoms with Crippen molar-refractivity contribution in [3.8, 4) is 5.75 Å². The SMILES string of the molecule is COc1ccc(S(=O)(=O)N2CC3CC(C2)c2c(NS(=O)(=O)c4ccccc4)ccc(=O)n2C3)cc1. The number of methoxy groups -OCH3 is 1. The molecule has 2 aromatic carbocycles. The Hall–Kier alpha value is -3.15. The number of anilines is 1. The lowest BCUT2D eigenvalue weighted by atomic mass is 9.83. The van der Waals surface area contributed by atoms with Crippen molar-refractivity contribution in [2.24, 2.45) is 5.92 Å². The maximum absolute atomic E-state index is 13.4. The molecule has 2 aliphatic heterocycles. The summed E-state index contributed by atoms with van der Waals surface area (Å²) in [4.78, 5) is 12.9. The molecule has 5 rings (SSSR count). The highest BCUT2D eigenvalue weighted by atomic mass is 32.2. The Labute approximate surface area is 204 Å². The molecule has 0 spiro atoms. The van der Waals surface area contributed by atoms with Crippen molar-refractivity contribution in [1.29, 1.82) is 0 Å². The third-order valence-corrected chi connectivity index (χ3v) is 9.78. The van der Waals surface area contributed by atoms with Crippen LogP contribution in [0.2, 0.25) is 0 Å². The van der Waals surface area contributed by atoms with Crippen LogP contribution in [0.5, 0.6) is 5.75 Å². The summed E-state index contributed by atoms with van der Waals surface area (Å²) in [5.41, 5.74) is 0.576. The van der Waals surface area contributed by atoms with Crippen LogP contribution >= 0.6 is 0 Å². The van der Waals surface area contributed by atoms with Crippen LogP contribution in [0.1, 0.15) is 18.0 Å². The first kappa shape index (κ1) is 23.6. The van der Waals surface area contributed by atoms with Gasteiger partial charge in [0.25, 0.3) is 15.6 Å². The van der Waals surface area contributed by atoms with Gasteiger partial charge in [-0.2, -0.15) is 4.31 Å². The molecule has 0 saturated carbocycles. The van der Waals surface area contributed by atoms with Gasteiger partial charge in [-0.3, -0.25) is 9.52 Å². The number of nitrogens with one attached hydrogen (secondary N) is 1. The smallest absolute Gasteiger partial charge is 0.261 e. The molecule has 1 N–H and O–H groups in total. The summed E-state index contributed by atoms with van der Waals surface area (Å²) in [6, 6.07) is 17.0. The third-order valence-electron chi connectivity index (χ3n) is 6.55. The van der Waals surface area contributed by atoms with Crippen LogP contribution in [0.3, 0.4) is 0 Å². The summed E-state index contributed by atoms with van der Waals surface area (Å²) in [5, 5.41) is 0. The Balaban J connectivity index is 1.50. The van der Waals surface area contributed by atoms with Crippen LogP contribution in [-0.4, -0.2) is 45.9 Å². The molecule has 3 aromatic rings. The van der Waals surface area contributed by atoms with E-state index in [2.05, 4.69) is 4.72 Å². The molecule has 2 unspecified atom stereocenters. The number of hydrogen-bond donors (Lipinski definition) is 1. The molecule has 0 amide bonds. The standard InChI is InChI=1S/C24H25N3O6S2/c1-33-19-7-9-21(10-8-19)35(31,32)26-14-17-13-18(16-26)24-22(11-12-23(28)27(24)15-17)25-34(29,30)20-5-3-2-4-6-20/h2-12,17-18,25H,13-16H2,1H3. The third kappa shape index (κ3) is 4.35. The van der Waals surface area contributed by atoms with Gasteiger partial charge in [0.15, 0.2) is 0 Å². The lowest BCUT2D eigenvalue weighted by Gasteiger charge is -2.42. The molecule has 11 heteroatoms. The van der Waals surface area contributed by atoms with Gasteiger partial charge in [0.1, 0.15) is 5.75 Å². The maximum atomic E-state index is 13.4. The summed E-state index contributed by atoms with van der Waals surface area (Å²) in [5.74, 6) is 0.161. The van der Waals surface area contributed by atoms with Crippen LogP contribution in [0.25, 0.3) is 0 Å². The van der Waals surface area contributed by atoms with Crippen LogP contribution in [0.15, 0.2) is 81.3 Å². The second-order valence-corrected chi connectivity index (χ2v) is 12.4. The van der Waals surface area contributed by atoms with E-state index in [0.29, 0.717) is 30.1 Å². The zero-order chi connectivity index (χ0) is 24.8. The van der Waals surface area contributed by atoms with E-state index in [4.69, 9.17) is 4.74 Å². The first-order valence-corrected chi connectivity index (χ1v) is 14.1. The summed E-state index contributed by atoms with van der Waals surface area (Å²) in [6.07, 6.45) is 0.665. The van der Waals surface area contributed by atoms with Crippen molar-refractivity contribution in [2.45, 2.75) is 28.7 Å². The predicted octanol–water partition coefficient (Wildman–Crippen LogP) is 2.47. The number of aromatic nitrogens is 1. The Morgan fingerprint density at radius 1 is 0.857 bits per heavy atom. The monoisotopic (exact) mass is 515 g/mol. The molecule has 2 atom stereocenters. The highest BCUT2D eigenvalue weighted by Crippen LogP contribution is 2.40. The predicted molar refractivity (Wildman–Crippen MR) is 131 cm³/mol. The topological polar surface area (TPSA) is 115 Å². The lowest BCUT2D eigenvalue weighted by molar-refractivity contribution is 0.187. The summed E-state index contributed by atoms with van der Waals surface area (Å²) < 4.78 is 63.5. The van der Waals surface area contributed by atoms with Crippen molar-refractivity contribution in [3.05, 3.63) is 82.8 Å². The molecule has 1 saturated heterocycles. The molecule has 1 aromatic heterocycles. The van der Waals surface area contributed by atoms with Crippen LogP contribution in [0, 0.1) is 5.92 Å². The number of fused-ring (bicyclic) bond motifs is 4. The highest BCUT2D eigenvalue weighted by Gasteiger charge is 2.41. The average Bonchev–Trinajstić information content (AvgIpc) is 2.86. The number of hydrogen-bond acceptors (Lipinski definition) is 6. The quantitative estimate of drug-likeness (QED) is 0.539. The molecule has 2 bridgehead atoms. The van der Waals surface area contributed by atoms with Gasteiger partial charge < -0.3 is 9.30 Å². The van der Waals surface area contributed by atoms with Gasteiger partial charge in [-0.1, -0.05) is 18.2 Å². The zero-order valence-electron chi connectivity index (χ0n) is 19.0. The zero-order valence-corrected chi connectivity index (χ0v) is 20.6. The first-order valence-electron chi connectivity index (χ1n) is 11.1. The second-order valence-electron chi connectivity index (χ2n) is 8.80. The molecular weight excluding hydrogens is 490 g/mol.